The van der Waals surface area contributed by atoms with E-state index < -0.39 is 11.8 Å². The molecule has 0 saturated carbocycles. The van der Waals surface area contributed by atoms with Crippen molar-refractivity contribution in [2.45, 2.75) is 26.3 Å². The molecule has 26 heavy (non-hydrogen) atoms. The Morgan fingerprint density at radius 2 is 1.88 bits per heavy atom. The molecule has 3 rings (SSSR count). The highest BCUT2D eigenvalue weighted by Gasteiger charge is 2.35. The van der Waals surface area contributed by atoms with Crippen molar-refractivity contribution in [2.75, 3.05) is 4.90 Å². The summed E-state index contributed by atoms with van der Waals surface area (Å²) >= 11 is 8.61. The third-order valence-corrected chi connectivity index (χ3v) is 4.74. The summed E-state index contributed by atoms with van der Waals surface area (Å²) in [5.41, 5.74) is 1.23. The summed E-state index contributed by atoms with van der Waals surface area (Å²) in [5, 5.41) is 2.67. The van der Waals surface area contributed by atoms with Gasteiger partial charge in [0.05, 0.1) is 5.69 Å². The van der Waals surface area contributed by atoms with Gasteiger partial charge in [-0.3, -0.25) is 19.8 Å². The van der Waals surface area contributed by atoms with Gasteiger partial charge in [-0.15, -0.1) is 0 Å². The summed E-state index contributed by atoms with van der Waals surface area (Å²) in [7, 11) is 0. The van der Waals surface area contributed by atoms with E-state index >= 15 is 0 Å². The molecule has 1 N–H and O–H groups in total. The van der Waals surface area contributed by atoms with Gasteiger partial charge in [-0.1, -0.05) is 22.0 Å². The Morgan fingerprint density at radius 3 is 2.54 bits per heavy atom. The van der Waals surface area contributed by atoms with Gasteiger partial charge >= 0.3 is 0 Å². The fourth-order valence-electron chi connectivity index (χ4n) is 2.78. The number of rotatable bonds is 2. The van der Waals surface area contributed by atoms with E-state index in [4.69, 9.17) is 12.2 Å². The van der Waals surface area contributed by atoms with Crippen molar-refractivity contribution in [1.82, 2.24) is 9.88 Å². The maximum atomic E-state index is 13.0. The van der Waals surface area contributed by atoms with E-state index in [1.165, 1.54) is 4.90 Å². The number of anilines is 1. The van der Waals surface area contributed by atoms with E-state index in [0.717, 1.165) is 10.2 Å². The molecule has 0 unspecified atom stereocenters. The first-order chi connectivity index (χ1) is 12.2. The van der Waals surface area contributed by atoms with Crippen LogP contribution in [0.5, 0.6) is 0 Å². The largest absolute Gasteiger partial charge is 0.343 e. The molecule has 2 aromatic rings. The quantitative estimate of drug-likeness (QED) is 0.446. The van der Waals surface area contributed by atoms with Crippen molar-refractivity contribution in [1.29, 1.82) is 0 Å². The number of amides is 2. The van der Waals surface area contributed by atoms with Crippen LogP contribution in [-0.4, -0.2) is 21.5 Å². The average Bonchev–Trinajstić information content (AvgIpc) is 3.00. The number of carbonyl (C=O) groups is 2. The first-order valence-corrected chi connectivity index (χ1v) is 9.23. The van der Waals surface area contributed by atoms with Crippen molar-refractivity contribution in [3.05, 3.63) is 58.3 Å². The fourth-order valence-corrected chi connectivity index (χ4v) is 3.45. The molecule has 1 aliphatic rings. The normalized spacial score (nSPS) is 17.0. The molecule has 1 aliphatic heterocycles. The molecule has 1 aromatic carbocycles. The van der Waals surface area contributed by atoms with Crippen LogP contribution in [-0.2, 0) is 15.1 Å². The number of thiocarbonyl (C=S) groups is 1. The fraction of sp³-hybridized carbons (Fsp3) is 0.211. The Morgan fingerprint density at radius 1 is 1.15 bits per heavy atom. The Kier molecular flexibility index (Phi) is 4.86. The molecule has 134 valence electrons. The molecule has 0 spiro atoms. The summed E-state index contributed by atoms with van der Waals surface area (Å²) in [5.74, 6) is -0.939. The number of hydrogen-bond donors (Lipinski definition) is 1. The number of benzene rings is 1. The maximum Gasteiger partial charge on any atom is 0.270 e. The second-order valence-electron chi connectivity index (χ2n) is 6.91. The number of nitrogens with one attached hydrogen (secondary N) is 1. The minimum atomic E-state index is -0.493. The lowest BCUT2D eigenvalue weighted by atomic mass is 10.1. The first-order valence-electron chi connectivity index (χ1n) is 8.03. The van der Waals surface area contributed by atoms with Crippen molar-refractivity contribution in [3.8, 4) is 0 Å². The van der Waals surface area contributed by atoms with Gasteiger partial charge in [0.1, 0.15) is 5.57 Å². The van der Waals surface area contributed by atoms with Gasteiger partial charge in [-0.2, -0.15) is 0 Å². The molecule has 2 heterocycles. The van der Waals surface area contributed by atoms with Crippen molar-refractivity contribution >= 4 is 56.8 Å². The Labute approximate surface area is 165 Å². The number of halogens is 1. The van der Waals surface area contributed by atoms with Crippen LogP contribution in [0, 0.1) is 0 Å². The standard InChI is InChI=1S/C19H18BrN3O2S/c1-19(2,3)22-9-5-8-13(22)11-15-16(24)21-18(26)23(17(15)25)14-7-4-6-12(20)10-14/h4-11H,1-3H3,(H,21,24,26). The summed E-state index contributed by atoms with van der Waals surface area (Å²) in [6, 6.07) is 11.0. The zero-order valence-electron chi connectivity index (χ0n) is 14.6. The molecular weight excluding hydrogens is 414 g/mol. The van der Waals surface area contributed by atoms with Crippen LogP contribution in [0.4, 0.5) is 5.69 Å². The van der Waals surface area contributed by atoms with Crippen LogP contribution in [0.25, 0.3) is 6.08 Å². The molecule has 1 saturated heterocycles. The zero-order valence-corrected chi connectivity index (χ0v) is 17.0. The van der Waals surface area contributed by atoms with Gasteiger partial charge in [-0.25, -0.2) is 0 Å². The number of nitrogens with zero attached hydrogens (tertiary/aromatic N) is 2. The molecule has 5 nitrogen and oxygen atoms in total. The molecular formula is C19H18BrN3O2S. The third kappa shape index (κ3) is 3.50. The van der Waals surface area contributed by atoms with Gasteiger partial charge < -0.3 is 4.57 Å². The lowest BCUT2D eigenvalue weighted by molar-refractivity contribution is -0.122. The zero-order chi connectivity index (χ0) is 19.1. The molecule has 0 bridgehead atoms. The van der Waals surface area contributed by atoms with Crippen LogP contribution in [0.15, 0.2) is 52.6 Å². The average molecular weight is 432 g/mol. The lowest BCUT2D eigenvalue weighted by Crippen LogP contribution is -2.54. The van der Waals surface area contributed by atoms with Gasteiger partial charge in [0.15, 0.2) is 5.11 Å². The van der Waals surface area contributed by atoms with Crippen LogP contribution in [0.3, 0.4) is 0 Å². The molecule has 1 fully saturated rings. The smallest absolute Gasteiger partial charge is 0.270 e. The number of hydrogen-bond acceptors (Lipinski definition) is 3. The van der Waals surface area contributed by atoms with E-state index in [0.29, 0.717) is 5.69 Å². The second kappa shape index (κ2) is 6.81. The minimum absolute atomic E-state index is 0.0442. The SMILES string of the molecule is CC(C)(C)n1cccc1C=C1C(=O)NC(=S)N(c2cccc(Br)c2)C1=O. The first kappa shape index (κ1) is 18.5. The van der Waals surface area contributed by atoms with Gasteiger partial charge in [-0.05, 0) is 69.4 Å². The topological polar surface area (TPSA) is 54.3 Å². The van der Waals surface area contributed by atoms with E-state index in [2.05, 4.69) is 42.0 Å². The van der Waals surface area contributed by atoms with Crippen molar-refractivity contribution < 1.29 is 9.59 Å². The molecule has 7 heteroatoms. The monoisotopic (exact) mass is 431 g/mol. The van der Waals surface area contributed by atoms with E-state index in [-0.39, 0.29) is 16.2 Å². The molecule has 0 aliphatic carbocycles. The number of aromatic nitrogens is 1. The summed E-state index contributed by atoms with van der Waals surface area (Å²) in [4.78, 5) is 26.8. The van der Waals surface area contributed by atoms with Crippen molar-refractivity contribution in [2.24, 2.45) is 0 Å². The number of carbonyl (C=O) groups excluding carboxylic acids is 2. The minimum Gasteiger partial charge on any atom is -0.343 e. The van der Waals surface area contributed by atoms with E-state index in [1.807, 2.05) is 29.0 Å². The highest BCUT2D eigenvalue weighted by Crippen LogP contribution is 2.26. The molecule has 2 amide bonds. The van der Waals surface area contributed by atoms with Crippen LogP contribution in [0.1, 0.15) is 26.5 Å². The second-order valence-corrected chi connectivity index (χ2v) is 8.21. The summed E-state index contributed by atoms with van der Waals surface area (Å²) in [6.45, 7) is 6.17. The highest BCUT2D eigenvalue weighted by molar-refractivity contribution is 9.10. The molecule has 1 aromatic heterocycles. The Bertz CT molecular complexity index is 940. The maximum absolute atomic E-state index is 13.0. The van der Waals surface area contributed by atoms with Gasteiger partial charge in [0.2, 0.25) is 0 Å². The van der Waals surface area contributed by atoms with E-state index in [1.54, 1.807) is 24.3 Å². The van der Waals surface area contributed by atoms with Crippen molar-refractivity contribution in [3.63, 3.8) is 0 Å². The lowest BCUT2D eigenvalue weighted by Gasteiger charge is -2.29. The van der Waals surface area contributed by atoms with Crippen LogP contribution < -0.4 is 10.2 Å². The molecule has 0 atom stereocenters. The van der Waals surface area contributed by atoms with Gasteiger partial charge in [0.25, 0.3) is 11.8 Å². The van der Waals surface area contributed by atoms with Gasteiger partial charge in [0, 0.05) is 21.9 Å². The molecule has 0 radical (unpaired) electrons. The highest BCUT2D eigenvalue weighted by atomic mass is 79.9. The van der Waals surface area contributed by atoms with Crippen LogP contribution in [0.2, 0.25) is 0 Å². The van der Waals surface area contributed by atoms with E-state index in [9.17, 15) is 9.59 Å². The predicted molar refractivity (Wildman–Crippen MR) is 110 cm³/mol. The Balaban J connectivity index is 2.05. The Hall–Kier alpha value is -2.25. The predicted octanol–water partition coefficient (Wildman–Crippen LogP) is 3.84. The van der Waals surface area contributed by atoms with Crippen LogP contribution >= 0.6 is 28.1 Å². The summed E-state index contributed by atoms with van der Waals surface area (Å²) in [6.07, 6.45) is 3.53. The summed E-state index contributed by atoms with van der Waals surface area (Å²) < 4.78 is 2.83. The third-order valence-electron chi connectivity index (χ3n) is 3.96.